The fourth-order valence-electron chi connectivity index (χ4n) is 2.75. The smallest absolute Gasteiger partial charge is 0.137 e. The van der Waals surface area contributed by atoms with Gasteiger partial charge in [-0.05, 0) is 50.2 Å². The first-order chi connectivity index (χ1) is 11.6. The van der Waals surface area contributed by atoms with Crippen LogP contribution in [0.1, 0.15) is 23.7 Å². The number of fused-ring (bicyclic) bond motifs is 1. The van der Waals surface area contributed by atoms with Crippen LogP contribution in [0.4, 0.5) is 0 Å². The highest BCUT2D eigenvalue weighted by Gasteiger charge is 2.13. The molecule has 3 rings (SSSR count). The highest BCUT2D eigenvalue weighted by molar-refractivity contribution is 5.44. The van der Waals surface area contributed by atoms with Crippen LogP contribution in [0.15, 0.2) is 48.8 Å². The zero-order valence-electron chi connectivity index (χ0n) is 13.8. The van der Waals surface area contributed by atoms with Crippen LogP contribution < -0.4 is 0 Å². The molecule has 0 spiro atoms. The van der Waals surface area contributed by atoms with Crippen molar-refractivity contribution in [2.24, 2.45) is 0 Å². The summed E-state index contributed by atoms with van der Waals surface area (Å²) in [5, 5.41) is 18.4. The second-order valence-corrected chi connectivity index (χ2v) is 6.14. The molecule has 0 bridgehead atoms. The minimum absolute atomic E-state index is 0.291. The molecule has 0 aliphatic heterocycles. The Labute approximate surface area is 141 Å². The van der Waals surface area contributed by atoms with E-state index in [2.05, 4.69) is 29.9 Å². The van der Waals surface area contributed by atoms with Gasteiger partial charge in [-0.3, -0.25) is 4.90 Å². The van der Waals surface area contributed by atoms with E-state index in [-0.39, 0.29) is 0 Å². The van der Waals surface area contributed by atoms with Crippen LogP contribution in [0.25, 0.3) is 5.65 Å². The third kappa shape index (κ3) is 3.39. The number of hydrogen-bond acceptors (Lipinski definition) is 4. The normalized spacial score (nSPS) is 12.4. The van der Waals surface area contributed by atoms with Gasteiger partial charge in [-0.15, -0.1) is 0 Å². The molecule has 2 aromatic heterocycles. The third-order valence-electron chi connectivity index (χ3n) is 4.34. The van der Waals surface area contributed by atoms with Gasteiger partial charge in [0.2, 0.25) is 0 Å². The van der Waals surface area contributed by atoms with Gasteiger partial charge in [-0.2, -0.15) is 5.26 Å². The molecule has 1 unspecified atom stereocenters. The number of nitriles is 1. The molecular weight excluding hydrogens is 300 g/mol. The minimum atomic E-state index is 0.291. The molecule has 24 heavy (non-hydrogen) atoms. The van der Waals surface area contributed by atoms with E-state index >= 15 is 0 Å². The first-order valence-electron chi connectivity index (χ1n) is 7.91. The van der Waals surface area contributed by atoms with Crippen molar-refractivity contribution in [2.45, 2.75) is 25.9 Å². The van der Waals surface area contributed by atoms with E-state index in [1.54, 1.807) is 18.2 Å². The van der Waals surface area contributed by atoms with Gasteiger partial charge in [-0.25, -0.2) is 4.98 Å². The van der Waals surface area contributed by atoms with Crippen molar-refractivity contribution in [3.05, 3.63) is 65.6 Å². The Hall–Kier alpha value is -2.84. The molecule has 1 atom stereocenters. The summed E-state index contributed by atoms with van der Waals surface area (Å²) < 4.78 is 1.97. The van der Waals surface area contributed by atoms with Gasteiger partial charge in [-0.1, -0.05) is 12.1 Å². The predicted molar refractivity (Wildman–Crippen MR) is 92.6 cm³/mol. The molecule has 122 valence electrons. The molecule has 0 fully saturated rings. The van der Waals surface area contributed by atoms with Crippen LogP contribution in [0, 0.1) is 11.3 Å². The predicted octanol–water partition coefficient (Wildman–Crippen LogP) is 2.97. The lowest BCUT2D eigenvalue weighted by Crippen LogP contribution is -2.30. The first kappa shape index (κ1) is 16.0. The van der Waals surface area contributed by atoms with Gasteiger partial charge in [0.25, 0.3) is 0 Å². The molecule has 0 aliphatic rings. The maximum atomic E-state index is 9.37. The molecule has 1 aromatic carbocycles. The topological polar surface area (TPSA) is 64.6 Å². The maximum Gasteiger partial charge on any atom is 0.137 e. The summed E-state index contributed by atoms with van der Waals surface area (Å²) in [5.74, 6) is 0.291. The van der Waals surface area contributed by atoms with Crippen molar-refractivity contribution in [2.75, 3.05) is 7.05 Å². The lowest BCUT2D eigenvalue weighted by Gasteiger charge is -2.24. The quantitative estimate of drug-likeness (QED) is 0.785. The van der Waals surface area contributed by atoms with Gasteiger partial charge in [0.15, 0.2) is 0 Å². The van der Waals surface area contributed by atoms with E-state index < -0.39 is 0 Å². The van der Waals surface area contributed by atoms with Gasteiger partial charge in [0.05, 0.1) is 17.5 Å². The Bertz CT molecular complexity index is 877. The van der Waals surface area contributed by atoms with E-state index in [0.717, 1.165) is 24.3 Å². The van der Waals surface area contributed by atoms with Gasteiger partial charge in [0, 0.05) is 18.8 Å². The van der Waals surface area contributed by atoms with E-state index in [1.165, 1.54) is 5.56 Å². The van der Waals surface area contributed by atoms with E-state index in [0.29, 0.717) is 17.4 Å². The number of phenolic OH excluding ortho intramolecular Hbond substituents is 1. The Morgan fingerprint density at radius 1 is 1.25 bits per heavy atom. The van der Waals surface area contributed by atoms with Crippen LogP contribution in [0.5, 0.6) is 5.75 Å². The van der Waals surface area contributed by atoms with Gasteiger partial charge >= 0.3 is 0 Å². The molecular formula is C19H20N4O. The monoisotopic (exact) mass is 320 g/mol. The average Bonchev–Trinajstić information content (AvgIpc) is 2.99. The number of pyridine rings is 1. The molecule has 5 heteroatoms. The number of aromatic hydroxyl groups is 1. The molecule has 0 radical (unpaired) electrons. The summed E-state index contributed by atoms with van der Waals surface area (Å²) in [5.41, 5.74) is 3.73. The fraction of sp³-hybridized carbons (Fsp3) is 0.263. The highest BCUT2D eigenvalue weighted by Crippen LogP contribution is 2.15. The lowest BCUT2D eigenvalue weighted by molar-refractivity contribution is 0.244. The van der Waals surface area contributed by atoms with Crippen LogP contribution in [0.3, 0.4) is 0 Å². The second kappa shape index (κ2) is 6.73. The summed E-state index contributed by atoms with van der Waals surface area (Å²) >= 11 is 0. The zero-order valence-corrected chi connectivity index (χ0v) is 13.8. The van der Waals surface area contributed by atoms with Gasteiger partial charge < -0.3 is 9.51 Å². The van der Waals surface area contributed by atoms with Crippen molar-refractivity contribution >= 4 is 5.65 Å². The number of phenols is 1. The molecule has 0 saturated carbocycles. The Morgan fingerprint density at radius 3 is 2.71 bits per heavy atom. The van der Waals surface area contributed by atoms with Crippen LogP contribution in [0.2, 0.25) is 0 Å². The van der Waals surface area contributed by atoms with Crippen molar-refractivity contribution in [3.63, 3.8) is 0 Å². The van der Waals surface area contributed by atoms with Crippen molar-refractivity contribution in [1.29, 1.82) is 5.26 Å². The van der Waals surface area contributed by atoms with Crippen molar-refractivity contribution in [3.8, 4) is 11.8 Å². The van der Waals surface area contributed by atoms with E-state index in [9.17, 15) is 5.11 Å². The Morgan fingerprint density at radius 2 is 2.00 bits per heavy atom. The van der Waals surface area contributed by atoms with E-state index in [4.69, 9.17) is 5.26 Å². The fourth-order valence-corrected chi connectivity index (χ4v) is 2.75. The number of rotatable bonds is 5. The number of imidazole rings is 1. The maximum absolute atomic E-state index is 9.37. The summed E-state index contributed by atoms with van der Waals surface area (Å²) in [6.45, 7) is 2.92. The summed E-state index contributed by atoms with van der Waals surface area (Å²) in [6, 6.07) is 13.5. The van der Waals surface area contributed by atoms with Crippen molar-refractivity contribution < 1.29 is 5.11 Å². The number of hydrogen-bond donors (Lipinski definition) is 1. The highest BCUT2D eigenvalue weighted by atomic mass is 16.3. The minimum Gasteiger partial charge on any atom is -0.508 e. The van der Waals surface area contributed by atoms with Crippen molar-refractivity contribution in [1.82, 2.24) is 14.3 Å². The van der Waals surface area contributed by atoms with Gasteiger partial charge in [0.1, 0.15) is 17.5 Å². The largest absolute Gasteiger partial charge is 0.508 e. The number of likely N-dealkylation sites (N-methyl/N-ethyl adjacent to an activating group) is 1. The third-order valence-corrected chi connectivity index (χ3v) is 4.34. The Kier molecular flexibility index (Phi) is 4.50. The number of nitrogens with zero attached hydrogens (tertiary/aromatic N) is 4. The molecule has 1 N–H and O–H groups in total. The lowest BCUT2D eigenvalue weighted by atomic mass is 10.1. The molecule has 0 amide bonds. The average molecular weight is 320 g/mol. The second-order valence-electron chi connectivity index (χ2n) is 6.14. The number of aromatic nitrogens is 2. The molecule has 0 aliphatic carbocycles. The molecule has 2 heterocycles. The SMILES string of the molecule is CC(Cc1ccc(O)cc1)N(C)Cc1cnc2ccc(C#N)cn12. The Balaban J connectivity index is 1.73. The van der Waals surface area contributed by atoms with Crippen LogP contribution in [-0.2, 0) is 13.0 Å². The molecule has 0 saturated heterocycles. The molecule has 5 nitrogen and oxygen atoms in total. The molecule has 3 aromatic rings. The number of benzene rings is 1. The summed E-state index contributed by atoms with van der Waals surface area (Å²) in [4.78, 5) is 6.66. The standard InChI is InChI=1S/C19H20N4O/c1-14(9-15-3-6-18(24)7-4-15)22(2)13-17-11-21-19-8-5-16(10-20)12-23(17)19/h3-8,11-12,14,24H,9,13H2,1-2H3. The summed E-state index contributed by atoms with van der Waals surface area (Å²) in [6.07, 6.45) is 4.59. The first-order valence-corrected chi connectivity index (χ1v) is 7.91. The van der Waals surface area contributed by atoms with E-state index in [1.807, 2.05) is 35.0 Å². The van der Waals surface area contributed by atoms with Crippen LogP contribution in [-0.4, -0.2) is 32.5 Å². The summed E-state index contributed by atoms with van der Waals surface area (Å²) in [7, 11) is 2.08. The zero-order chi connectivity index (χ0) is 17.1. The van der Waals surface area contributed by atoms with Crippen LogP contribution >= 0.6 is 0 Å².